The van der Waals surface area contributed by atoms with Gasteiger partial charge in [-0.2, -0.15) is 0 Å². The van der Waals surface area contributed by atoms with E-state index in [1.165, 1.54) is 19.3 Å². The first-order valence-electron chi connectivity index (χ1n) is 5.20. The van der Waals surface area contributed by atoms with E-state index >= 15 is 0 Å². The highest BCUT2D eigenvalue weighted by Crippen LogP contribution is 1.94. The first-order chi connectivity index (χ1) is 5.70. The molecule has 0 rings (SSSR count). The standard InChI is InChI=1S/C10H24N2/c1-5-7-10(11-8-6-2)12-9(3)4/h9-12H,5-8H2,1-4H3. The summed E-state index contributed by atoms with van der Waals surface area (Å²) in [6.07, 6.45) is 4.18. The predicted molar refractivity (Wildman–Crippen MR) is 55.3 cm³/mol. The second-order valence-electron chi connectivity index (χ2n) is 3.62. The predicted octanol–water partition coefficient (Wildman–Crippen LogP) is 2.11. The van der Waals surface area contributed by atoms with E-state index in [0.717, 1.165) is 6.54 Å². The zero-order valence-corrected chi connectivity index (χ0v) is 8.98. The Labute approximate surface area is 77.1 Å². The summed E-state index contributed by atoms with van der Waals surface area (Å²) in [5.74, 6) is 0. The van der Waals surface area contributed by atoms with Gasteiger partial charge in [-0.1, -0.05) is 20.3 Å². The molecule has 0 fully saturated rings. The van der Waals surface area contributed by atoms with Crippen LogP contribution in [0.1, 0.15) is 47.0 Å². The Morgan fingerprint density at radius 3 is 2.17 bits per heavy atom. The van der Waals surface area contributed by atoms with Crippen LogP contribution < -0.4 is 10.6 Å². The first kappa shape index (κ1) is 11.9. The molecule has 2 N–H and O–H groups in total. The topological polar surface area (TPSA) is 24.1 Å². The third-order valence-corrected chi connectivity index (χ3v) is 1.75. The average molecular weight is 172 g/mol. The second kappa shape index (κ2) is 7.56. The van der Waals surface area contributed by atoms with Crippen LogP contribution in [-0.2, 0) is 0 Å². The van der Waals surface area contributed by atoms with Crippen molar-refractivity contribution in [2.45, 2.75) is 59.2 Å². The van der Waals surface area contributed by atoms with Crippen LogP contribution in [0.2, 0.25) is 0 Å². The van der Waals surface area contributed by atoms with Gasteiger partial charge in [0, 0.05) is 6.04 Å². The van der Waals surface area contributed by atoms with E-state index in [0.29, 0.717) is 12.2 Å². The van der Waals surface area contributed by atoms with Crippen LogP contribution in [0.25, 0.3) is 0 Å². The summed E-state index contributed by atoms with van der Waals surface area (Å²) in [4.78, 5) is 0. The second-order valence-corrected chi connectivity index (χ2v) is 3.62. The van der Waals surface area contributed by atoms with Crippen LogP contribution in [0.15, 0.2) is 0 Å². The van der Waals surface area contributed by atoms with Gasteiger partial charge in [0.05, 0.1) is 6.17 Å². The summed E-state index contributed by atoms with van der Waals surface area (Å²) in [5, 5.41) is 6.99. The van der Waals surface area contributed by atoms with Crippen LogP contribution in [0, 0.1) is 0 Å². The Hall–Kier alpha value is -0.0800. The van der Waals surface area contributed by atoms with Crippen LogP contribution in [0.4, 0.5) is 0 Å². The van der Waals surface area contributed by atoms with Crippen LogP contribution in [-0.4, -0.2) is 18.8 Å². The summed E-state index contributed by atoms with van der Waals surface area (Å²) in [7, 11) is 0. The van der Waals surface area contributed by atoms with Gasteiger partial charge in [-0.15, -0.1) is 0 Å². The van der Waals surface area contributed by atoms with Gasteiger partial charge in [0.25, 0.3) is 0 Å². The zero-order chi connectivity index (χ0) is 9.40. The molecular formula is C10H24N2. The normalized spacial score (nSPS) is 13.8. The van der Waals surface area contributed by atoms with E-state index in [-0.39, 0.29) is 0 Å². The Kier molecular flexibility index (Phi) is 7.51. The van der Waals surface area contributed by atoms with Crippen molar-refractivity contribution >= 4 is 0 Å². The molecule has 0 aromatic heterocycles. The molecular weight excluding hydrogens is 148 g/mol. The summed E-state index contributed by atoms with van der Waals surface area (Å²) in [5.41, 5.74) is 0. The highest BCUT2D eigenvalue weighted by atomic mass is 15.1. The highest BCUT2D eigenvalue weighted by molar-refractivity contribution is 4.65. The zero-order valence-electron chi connectivity index (χ0n) is 8.98. The van der Waals surface area contributed by atoms with Crippen LogP contribution in [0.3, 0.4) is 0 Å². The van der Waals surface area contributed by atoms with Crippen molar-refractivity contribution in [3.63, 3.8) is 0 Å². The fourth-order valence-electron chi connectivity index (χ4n) is 1.25. The molecule has 0 aromatic rings. The summed E-state index contributed by atoms with van der Waals surface area (Å²) >= 11 is 0. The minimum absolute atomic E-state index is 0.509. The third kappa shape index (κ3) is 6.62. The molecule has 0 heterocycles. The molecule has 74 valence electrons. The molecule has 0 saturated heterocycles. The Morgan fingerprint density at radius 1 is 1.08 bits per heavy atom. The molecule has 0 amide bonds. The van der Waals surface area contributed by atoms with E-state index in [1.54, 1.807) is 0 Å². The maximum absolute atomic E-state index is 3.50. The molecule has 12 heavy (non-hydrogen) atoms. The van der Waals surface area contributed by atoms with Crippen molar-refractivity contribution in [2.75, 3.05) is 6.54 Å². The van der Waals surface area contributed by atoms with Crippen molar-refractivity contribution in [2.24, 2.45) is 0 Å². The van der Waals surface area contributed by atoms with Gasteiger partial charge in [-0.05, 0) is 33.2 Å². The van der Waals surface area contributed by atoms with Crippen molar-refractivity contribution in [1.82, 2.24) is 10.6 Å². The molecule has 0 aliphatic heterocycles. The van der Waals surface area contributed by atoms with Crippen molar-refractivity contribution < 1.29 is 0 Å². The lowest BCUT2D eigenvalue weighted by atomic mass is 10.2. The molecule has 0 aliphatic carbocycles. The lowest BCUT2D eigenvalue weighted by Gasteiger charge is -2.21. The van der Waals surface area contributed by atoms with Gasteiger partial charge in [0.2, 0.25) is 0 Å². The summed E-state index contributed by atoms with van der Waals surface area (Å²) in [6, 6.07) is 0.575. The Balaban J connectivity index is 3.54. The number of rotatable bonds is 7. The summed E-state index contributed by atoms with van der Waals surface area (Å²) < 4.78 is 0. The number of hydrogen-bond donors (Lipinski definition) is 2. The van der Waals surface area contributed by atoms with Gasteiger partial charge in [-0.3, -0.25) is 5.32 Å². The fraction of sp³-hybridized carbons (Fsp3) is 1.00. The van der Waals surface area contributed by atoms with Crippen molar-refractivity contribution in [3.05, 3.63) is 0 Å². The van der Waals surface area contributed by atoms with Gasteiger partial charge < -0.3 is 5.32 Å². The average Bonchev–Trinajstić information content (AvgIpc) is 2.00. The van der Waals surface area contributed by atoms with Crippen molar-refractivity contribution in [3.8, 4) is 0 Å². The molecule has 2 nitrogen and oxygen atoms in total. The maximum atomic E-state index is 3.50. The molecule has 2 heteroatoms. The highest BCUT2D eigenvalue weighted by Gasteiger charge is 2.05. The van der Waals surface area contributed by atoms with Crippen LogP contribution >= 0.6 is 0 Å². The smallest absolute Gasteiger partial charge is 0.0573 e. The largest absolute Gasteiger partial charge is 0.302 e. The van der Waals surface area contributed by atoms with Gasteiger partial charge in [-0.25, -0.2) is 0 Å². The lowest BCUT2D eigenvalue weighted by Crippen LogP contribution is -2.45. The Morgan fingerprint density at radius 2 is 1.75 bits per heavy atom. The van der Waals surface area contributed by atoms with E-state index in [2.05, 4.69) is 38.3 Å². The number of nitrogens with one attached hydrogen (secondary N) is 2. The maximum Gasteiger partial charge on any atom is 0.0573 e. The monoisotopic (exact) mass is 172 g/mol. The van der Waals surface area contributed by atoms with Gasteiger partial charge in [0.15, 0.2) is 0 Å². The molecule has 0 bridgehead atoms. The Bertz CT molecular complexity index is 91.8. The van der Waals surface area contributed by atoms with Crippen molar-refractivity contribution in [1.29, 1.82) is 0 Å². The molecule has 0 spiro atoms. The van der Waals surface area contributed by atoms with E-state index in [4.69, 9.17) is 0 Å². The van der Waals surface area contributed by atoms with Gasteiger partial charge >= 0.3 is 0 Å². The van der Waals surface area contributed by atoms with E-state index in [9.17, 15) is 0 Å². The van der Waals surface area contributed by atoms with E-state index in [1.807, 2.05) is 0 Å². The minimum Gasteiger partial charge on any atom is -0.302 e. The lowest BCUT2D eigenvalue weighted by molar-refractivity contribution is 0.370. The van der Waals surface area contributed by atoms with Crippen LogP contribution in [0.5, 0.6) is 0 Å². The quantitative estimate of drug-likeness (QED) is 0.575. The fourth-order valence-corrected chi connectivity index (χ4v) is 1.25. The summed E-state index contributed by atoms with van der Waals surface area (Å²) in [6.45, 7) is 9.92. The molecule has 1 atom stereocenters. The SMILES string of the molecule is CCCNC(CCC)NC(C)C. The molecule has 0 aliphatic rings. The van der Waals surface area contributed by atoms with E-state index < -0.39 is 0 Å². The van der Waals surface area contributed by atoms with Gasteiger partial charge in [0.1, 0.15) is 0 Å². The molecule has 0 saturated carbocycles. The minimum atomic E-state index is 0.509. The first-order valence-corrected chi connectivity index (χ1v) is 5.20. The molecule has 0 radical (unpaired) electrons. The molecule has 0 aromatic carbocycles. The molecule has 1 unspecified atom stereocenters. The number of hydrogen-bond acceptors (Lipinski definition) is 2. The third-order valence-electron chi connectivity index (χ3n) is 1.75.